The molecule has 3 nitrogen and oxygen atoms in total. The standard InChI is InChI=1S/C8H6BrN3S/c9-7-10-11-8(13)12(7)6-4-2-1-3-5-6/h1-5H,(H,11,13). The molecule has 0 atom stereocenters. The molecule has 0 aliphatic rings. The van der Waals surface area contributed by atoms with E-state index in [1.165, 1.54) is 0 Å². The lowest BCUT2D eigenvalue weighted by Crippen LogP contribution is -1.93. The van der Waals surface area contributed by atoms with Crippen LogP contribution in [0.4, 0.5) is 0 Å². The lowest BCUT2D eigenvalue weighted by atomic mass is 10.3. The van der Waals surface area contributed by atoms with Crippen molar-refractivity contribution >= 4 is 28.1 Å². The second-order valence-corrected chi connectivity index (χ2v) is 3.56. The molecule has 1 aromatic carbocycles. The van der Waals surface area contributed by atoms with Crippen LogP contribution in [-0.2, 0) is 0 Å². The van der Waals surface area contributed by atoms with Crippen LogP contribution in [0.5, 0.6) is 0 Å². The number of H-pyrrole nitrogens is 1. The molecule has 0 saturated carbocycles. The predicted molar refractivity (Wildman–Crippen MR) is 56.4 cm³/mol. The Balaban J connectivity index is 2.65. The fourth-order valence-corrected chi connectivity index (χ4v) is 1.90. The Bertz CT molecular complexity index is 460. The van der Waals surface area contributed by atoms with Crippen LogP contribution in [0.25, 0.3) is 5.69 Å². The van der Waals surface area contributed by atoms with Gasteiger partial charge in [-0.15, -0.1) is 5.10 Å². The first-order valence-corrected chi connectivity index (χ1v) is 4.87. The molecule has 0 aliphatic heterocycles. The van der Waals surface area contributed by atoms with Crippen molar-refractivity contribution in [3.63, 3.8) is 0 Å². The van der Waals surface area contributed by atoms with Crippen LogP contribution in [-0.4, -0.2) is 14.8 Å². The zero-order valence-corrected chi connectivity index (χ0v) is 8.97. The number of halogens is 1. The van der Waals surface area contributed by atoms with Gasteiger partial charge in [0.25, 0.3) is 0 Å². The first-order chi connectivity index (χ1) is 6.29. The minimum absolute atomic E-state index is 0.582. The summed E-state index contributed by atoms with van der Waals surface area (Å²) in [6.45, 7) is 0. The number of aromatic nitrogens is 3. The van der Waals surface area contributed by atoms with E-state index >= 15 is 0 Å². The third-order valence-electron chi connectivity index (χ3n) is 1.65. The third-order valence-corrected chi connectivity index (χ3v) is 2.45. The van der Waals surface area contributed by atoms with Gasteiger partial charge in [0.15, 0.2) is 0 Å². The Labute approximate surface area is 88.5 Å². The normalized spacial score (nSPS) is 10.2. The van der Waals surface area contributed by atoms with Gasteiger partial charge < -0.3 is 0 Å². The molecule has 2 rings (SSSR count). The summed E-state index contributed by atoms with van der Waals surface area (Å²) in [6.07, 6.45) is 0. The maximum atomic E-state index is 5.07. The van der Waals surface area contributed by atoms with Crippen molar-refractivity contribution < 1.29 is 0 Å². The van der Waals surface area contributed by atoms with Crippen LogP contribution in [0.15, 0.2) is 35.1 Å². The molecule has 1 heterocycles. The van der Waals surface area contributed by atoms with Crippen molar-refractivity contribution in [2.24, 2.45) is 0 Å². The van der Waals surface area contributed by atoms with Gasteiger partial charge in [0, 0.05) is 0 Å². The first kappa shape index (κ1) is 8.65. The Hall–Kier alpha value is -0.940. The Morgan fingerprint density at radius 2 is 2.00 bits per heavy atom. The van der Waals surface area contributed by atoms with Gasteiger partial charge in [-0.1, -0.05) is 18.2 Å². The molecule has 0 bridgehead atoms. The largest absolute Gasteiger partial charge is 0.263 e. The van der Waals surface area contributed by atoms with E-state index < -0.39 is 0 Å². The SMILES string of the molecule is S=c1[nH]nc(Br)n1-c1ccccc1. The fraction of sp³-hybridized carbons (Fsp3) is 0. The predicted octanol–water partition coefficient (Wildman–Crippen LogP) is 2.69. The summed E-state index contributed by atoms with van der Waals surface area (Å²) in [6, 6.07) is 9.81. The van der Waals surface area contributed by atoms with Crippen LogP contribution < -0.4 is 0 Å². The van der Waals surface area contributed by atoms with Crippen molar-refractivity contribution in [3.8, 4) is 5.69 Å². The highest BCUT2D eigenvalue weighted by molar-refractivity contribution is 9.10. The van der Waals surface area contributed by atoms with Crippen molar-refractivity contribution in [1.82, 2.24) is 14.8 Å². The molecule has 66 valence electrons. The van der Waals surface area contributed by atoms with E-state index in [2.05, 4.69) is 26.1 Å². The number of para-hydroxylation sites is 1. The maximum Gasteiger partial charge on any atom is 0.203 e. The number of hydrogen-bond donors (Lipinski definition) is 1. The van der Waals surface area contributed by atoms with Crippen LogP contribution in [0.1, 0.15) is 0 Å². The van der Waals surface area contributed by atoms with E-state index in [-0.39, 0.29) is 0 Å². The summed E-state index contributed by atoms with van der Waals surface area (Å²) in [7, 11) is 0. The van der Waals surface area contributed by atoms with Crippen LogP contribution in [0, 0.1) is 4.77 Å². The number of aromatic amines is 1. The quantitative estimate of drug-likeness (QED) is 0.796. The van der Waals surface area contributed by atoms with Gasteiger partial charge in [-0.05, 0) is 40.3 Å². The van der Waals surface area contributed by atoms with Crippen molar-refractivity contribution in [1.29, 1.82) is 0 Å². The average molecular weight is 256 g/mol. The highest BCUT2D eigenvalue weighted by Crippen LogP contribution is 2.14. The lowest BCUT2D eigenvalue weighted by molar-refractivity contribution is 1.00. The number of nitrogens with zero attached hydrogens (tertiary/aromatic N) is 2. The van der Waals surface area contributed by atoms with Crippen molar-refractivity contribution in [2.45, 2.75) is 0 Å². The molecular formula is C8H6BrN3S. The second kappa shape index (κ2) is 3.43. The molecule has 0 unspecified atom stereocenters. The molecule has 1 aromatic heterocycles. The maximum absolute atomic E-state index is 5.07. The second-order valence-electron chi connectivity index (χ2n) is 2.47. The molecule has 1 N–H and O–H groups in total. The number of nitrogens with one attached hydrogen (secondary N) is 1. The van der Waals surface area contributed by atoms with Crippen molar-refractivity contribution in [3.05, 3.63) is 39.8 Å². The minimum atomic E-state index is 0.582. The van der Waals surface area contributed by atoms with Gasteiger partial charge in [0.05, 0.1) is 5.69 Å². The smallest absolute Gasteiger partial charge is 0.203 e. The van der Waals surface area contributed by atoms with Gasteiger partial charge in [0.1, 0.15) is 0 Å². The highest BCUT2D eigenvalue weighted by atomic mass is 79.9. The molecule has 0 spiro atoms. The van der Waals surface area contributed by atoms with Gasteiger partial charge in [-0.25, -0.2) is 0 Å². The molecule has 0 radical (unpaired) electrons. The van der Waals surface area contributed by atoms with E-state index in [1.54, 1.807) is 0 Å². The summed E-state index contributed by atoms with van der Waals surface area (Å²) < 4.78 is 3.08. The summed E-state index contributed by atoms with van der Waals surface area (Å²) >= 11 is 8.38. The van der Waals surface area contributed by atoms with E-state index in [0.717, 1.165) is 5.69 Å². The van der Waals surface area contributed by atoms with Gasteiger partial charge in [-0.3, -0.25) is 9.67 Å². The molecule has 2 aromatic rings. The van der Waals surface area contributed by atoms with Crippen LogP contribution in [0.2, 0.25) is 0 Å². The fourth-order valence-electron chi connectivity index (χ4n) is 1.08. The number of rotatable bonds is 1. The molecule has 0 saturated heterocycles. The third kappa shape index (κ3) is 1.57. The lowest BCUT2D eigenvalue weighted by Gasteiger charge is -2.00. The summed E-state index contributed by atoms with van der Waals surface area (Å²) in [5.41, 5.74) is 0.994. The summed E-state index contributed by atoms with van der Waals surface area (Å²) in [5, 5.41) is 6.66. The van der Waals surface area contributed by atoms with E-state index in [4.69, 9.17) is 12.2 Å². The molecule has 0 aliphatic carbocycles. The molecular weight excluding hydrogens is 250 g/mol. The topological polar surface area (TPSA) is 33.6 Å². The molecule has 13 heavy (non-hydrogen) atoms. The van der Waals surface area contributed by atoms with Crippen LogP contribution >= 0.6 is 28.1 Å². The highest BCUT2D eigenvalue weighted by Gasteiger charge is 2.02. The average Bonchev–Trinajstić information content (AvgIpc) is 2.48. The Kier molecular flexibility index (Phi) is 2.28. The number of hydrogen-bond acceptors (Lipinski definition) is 2. The number of benzene rings is 1. The summed E-state index contributed by atoms with van der Waals surface area (Å²) in [5.74, 6) is 0. The minimum Gasteiger partial charge on any atom is -0.263 e. The summed E-state index contributed by atoms with van der Waals surface area (Å²) in [4.78, 5) is 0. The molecule has 5 heteroatoms. The van der Waals surface area contributed by atoms with E-state index in [9.17, 15) is 0 Å². The van der Waals surface area contributed by atoms with E-state index in [1.807, 2.05) is 34.9 Å². The zero-order valence-electron chi connectivity index (χ0n) is 6.57. The zero-order chi connectivity index (χ0) is 9.26. The Morgan fingerprint density at radius 3 is 2.54 bits per heavy atom. The monoisotopic (exact) mass is 255 g/mol. The molecule has 0 fully saturated rings. The van der Waals surface area contributed by atoms with Crippen molar-refractivity contribution in [2.75, 3.05) is 0 Å². The van der Waals surface area contributed by atoms with Gasteiger partial charge in [-0.2, -0.15) is 0 Å². The Morgan fingerprint density at radius 1 is 1.31 bits per heavy atom. The van der Waals surface area contributed by atoms with Gasteiger partial charge >= 0.3 is 0 Å². The first-order valence-electron chi connectivity index (χ1n) is 3.67. The molecule has 0 amide bonds. The van der Waals surface area contributed by atoms with Crippen LogP contribution in [0.3, 0.4) is 0 Å². The van der Waals surface area contributed by atoms with Gasteiger partial charge in [0.2, 0.25) is 9.50 Å². The van der Waals surface area contributed by atoms with E-state index in [0.29, 0.717) is 9.50 Å².